The van der Waals surface area contributed by atoms with E-state index in [0.29, 0.717) is 17.8 Å². The topological polar surface area (TPSA) is 66.6 Å². The van der Waals surface area contributed by atoms with Crippen molar-refractivity contribution in [3.63, 3.8) is 0 Å². The highest BCUT2D eigenvalue weighted by molar-refractivity contribution is 7.85. The second-order valence-electron chi connectivity index (χ2n) is 7.64. The Labute approximate surface area is 176 Å². The summed E-state index contributed by atoms with van der Waals surface area (Å²) in [7, 11) is -0.728. The van der Waals surface area contributed by atoms with E-state index < -0.39 is 10.8 Å². The van der Waals surface area contributed by atoms with Gasteiger partial charge in [-0.2, -0.15) is 0 Å². The number of nitrogens with zero attached hydrogens (tertiary/aromatic N) is 1. The van der Waals surface area contributed by atoms with Crippen molar-refractivity contribution in [3.8, 4) is 0 Å². The Bertz CT molecular complexity index is 777. The molecule has 4 unspecified atom stereocenters. The molecule has 5 nitrogen and oxygen atoms in total. The Morgan fingerprint density at radius 3 is 2.79 bits per heavy atom. The number of benzene rings is 1. The van der Waals surface area contributed by atoms with Crippen molar-refractivity contribution >= 4 is 16.8 Å². The van der Waals surface area contributed by atoms with Crippen molar-refractivity contribution < 1.29 is 8.63 Å². The Morgan fingerprint density at radius 1 is 1.24 bits per heavy atom. The summed E-state index contributed by atoms with van der Waals surface area (Å²) in [6, 6.07) is 14.7. The lowest BCUT2D eigenvalue weighted by Gasteiger charge is -2.31. The molecule has 0 bridgehead atoms. The van der Waals surface area contributed by atoms with Crippen LogP contribution in [-0.2, 0) is 17.2 Å². The molecule has 1 fully saturated rings. The van der Waals surface area contributed by atoms with Crippen molar-refractivity contribution in [2.45, 2.75) is 63.3 Å². The molecule has 1 aromatic carbocycles. The summed E-state index contributed by atoms with van der Waals surface area (Å²) < 4.78 is 17.7. The summed E-state index contributed by atoms with van der Waals surface area (Å²) in [5, 5.41) is 7.46. The van der Waals surface area contributed by atoms with Gasteiger partial charge in [0.05, 0.1) is 12.3 Å². The molecule has 1 heterocycles. The van der Waals surface area contributed by atoms with Crippen LogP contribution in [0.3, 0.4) is 0 Å². The Morgan fingerprint density at radius 2 is 2.07 bits per heavy atom. The molecule has 2 N–H and O–H groups in total. The van der Waals surface area contributed by atoms with Gasteiger partial charge >= 0.3 is 0 Å². The number of hydrogen-bond acceptors (Lipinski definition) is 3. The molecule has 1 aliphatic carbocycles. The van der Waals surface area contributed by atoms with Crippen LogP contribution in [0.2, 0.25) is 0 Å². The van der Waals surface area contributed by atoms with Crippen molar-refractivity contribution in [3.05, 3.63) is 60.1 Å². The first kappa shape index (κ1) is 21.6. The smallest absolute Gasteiger partial charge is 0.191 e. The number of furan rings is 1. The van der Waals surface area contributed by atoms with E-state index in [1.54, 1.807) is 6.26 Å². The van der Waals surface area contributed by atoms with Crippen LogP contribution in [0.5, 0.6) is 0 Å². The van der Waals surface area contributed by atoms with Gasteiger partial charge in [-0.1, -0.05) is 43.7 Å². The van der Waals surface area contributed by atoms with Gasteiger partial charge in [0, 0.05) is 40.8 Å². The van der Waals surface area contributed by atoms with E-state index >= 15 is 0 Å². The Kier molecular flexibility index (Phi) is 8.35. The number of aliphatic imine (C=N–C) groups is 1. The molecule has 0 aliphatic heterocycles. The third kappa shape index (κ3) is 6.74. The highest BCUT2D eigenvalue weighted by Gasteiger charge is 2.26. The van der Waals surface area contributed by atoms with E-state index in [9.17, 15) is 4.21 Å². The summed E-state index contributed by atoms with van der Waals surface area (Å²) in [5.41, 5.74) is 1.22. The Hall–Kier alpha value is -2.08. The molecule has 1 aromatic heterocycles. The molecule has 0 amide bonds. The zero-order chi connectivity index (χ0) is 20.5. The molecule has 0 spiro atoms. The normalized spacial score (nSPS) is 22.1. The molecule has 0 saturated heterocycles. The van der Waals surface area contributed by atoms with Gasteiger partial charge in [-0.25, -0.2) is 0 Å². The first-order chi connectivity index (χ1) is 14.2. The molecule has 0 radical (unpaired) electrons. The van der Waals surface area contributed by atoms with Gasteiger partial charge in [0.2, 0.25) is 0 Å². The molecular formula is C23H33N3O2S. The van der Waals surface area contributed by atoms with Crippen molar-refractivity contribution in [2.75, 3.05) is 12.3 Å². The third-order valence-corrected chi connectivity index (χ3v) is 7.23. The van der Waals surface area contributed by atoms with Gasteiger partial charge in [0.25, 0.3) is 0 Å². The maximum absolute atomic E-state index is 12.3. The molecule has 29 heavy (non-hydrogen) atoms. The van der Waals surface area contributed by atoms with E-state index in [-0.39, 0.29) is 6.04 Å². The fourth-order valence-corrected chi connectivity index (χ4v) is 5.19. The lowest BCUT2D eigenvalue weighted by molar-refractivity contribution is 0.411. The second-order valence-corrected chi connectivity index (χ2v) is 9.64. The van der Waals surface area contributed by atoms with Crippen LogP contribution in [0.25, 0.3) is 0 Å². The van der Waals surface area contributed by atoms with Crippen LogP contribution in [0, 0.1) is 0 Å². The van der Waals surface area contributed by atoms with Gasteiger partial charge < -0.3 is 15.1 Å². The zero-order valence-corrected chi connectivity index (χ0v) is 18.3. The van der Waals surface area contributed by atoms with Crippen molar-refractivity contribution in [1.82, 2.24) is 10.6 Å². The van der Waals surface area contributed by atoms with E-state index in [2.05, 4.69) is 41.8 Å². The average Bonchev–Trinajstić information content (AvgIpc) is 3.27. The van der Waals surface area contributed by atoms with E-state index in [1.807, 2.05) is 25.1 Å². The van der Waals surface area contributed by atoms with E-state index in [1.165, 1.54) is 5.56 Å². The zero-order valence-electron chi connectivity index (χ0n) is 17.5. The summed E-state index contributed by atoms with van der Waals surface area (Å²) in [5.74, 6) is 2.51. The van der Waals surface area contributed by atoms with Crippen molar-refractivity contribution in [2.24, 2.45) is 4.99 Å². The predicted octanol–water partition coefficient (Wildman–Crippen LogP) is 4.20. The number of rotatable bonds is 8. The van der Waals surface area contributed by atoms with Gasteiger partial charge in [0.1, 0.15) is 5.76 Å². The summed E-state index contributed by atoms with van der Waals surface area (Å²) in [4.78, 5) is 4.81. The monoisotopic (exact) mass is 415 g/mol. The van der Waals surface area contributed by atoms with E-state index in [4.69, 9.17) is 9.41 Å². The standard InChI is InChI=1S/C23H33N3O2S/c1-3-29(27)22-13-7-11-20(17-22)26-23(24-15-14-21-12-8-16-28-21)25-18(2)19-9-5-4-6-10-19/h4-6,8-10,12,16,18,20,22H,3,7,11,13-15,17H2,1-2H3,(H2,24,25,26). The van der Waals surface area contributed by atoms with Crippen LogP contribution in [0.4, 0.5) is 0 Å². The summed E-state index contributed by atoms with van der Waals surface area (Å²) in [6.45, 7) is 4.81. The fourth-order valence-electron chi connectivity index (χ4n) is 3.84. The first-order valence-corrected chi connectivity index (χ1v) is 12.1. The first-order valence-electron chi connectivity index (χ1n) is 10.7. The van der Waals surface area contributed by atoms with Crippen molar-refractivity contribution in [1.29, 1.82) is 0 Å². The lowest BCUT2D eigenvalue weighted by atomic mass is 9.95. The minimum Gasteiger partial charge on any atom is -0.469 e. The maximum Gasteiger partial charge on any atom is 0.191 e. The van der Waals surface area contributed by atoms with Gasteiger partial charge in [-0.05, 0) is 43.9 Å². The Balaban J connectivity index is 1.65. The maximum atomic E-state index is 12.3. The molecule has 4 atom stereocenters. The highest BCUT2D eigenvalue weighted by Crippen LogP contribution is 2.23. The number of hydrogen-bond donors (Lipinski definition) is 2. The predicted molar refractivity (Wildman–Crippen MR) is 121 cm³/mol. The molecule has 158 valence electrons. The largest absolute Gasteiger partial charge is 0.469 e. The van der Waals surface area contributed by atoms with Crippen LogP contribution in [-0.4, -0.2) is 33.8 Å². The molecule has 1 saturated carbocycles. The summed E-state index contributed by atoms with van der Waals surface area (Å²) >= 11 is 0. The van der Waals surface area contributed by atoms with Gasteiger partial charge in [0.15, 0.2) is 5.96 Å². The second kappa shape index (κ2) is 11.2. The molecule has 6 heteroatoms. The minimum atomic E-state index is -0.728. The quantitative estimate of drug-likeness (QED) is 0.501. The molecule has 2 aromatic rings. The third-order valence-electron chi connectivity index (χ3n) is 5.48. The summed E-state index contributed by atoms with van der Waals surface area (Å²) in [6.07, 6.45) is 6.69. The number of nitrogens with one attached hydrogen (secondary N) is 2. The van der Waals surface area contributed by atoms with Crippen LogP contribution >= 0.6 is 0 Å². The average molecular weight is 416 g/mol. The molecule has 3 rings (SSSR count). The van der Waals surface area contributed by atoms with Gasteiger partial charge in [-0.3, -0.25) is 9.20 Å². The number of guanidine groups is 1. The van der Waals surface area contributed by atoms with E-state index in [0.717, 1.165) is 49.6 Å². The molecule has 1 aliphatic rings. The highest BCUT2D eigenvalue weighted by atomic mass is 32.2. The minimum absolute atomic E-state index is 0.148. The fraction of sp³-hybridized carbons (Fsp3) is 0.522. The van der Waals surface area contributed by atoms with Crippen LogP contribution < -0.4 is 10.6 Å². The van der Waals surface area contributed by atoms with Crippen LogP contribution in [0.1, 0.15) is 56.9 Å². The van der Waals surface area contributed by atoms with Crippen LogP contribution in [0.15, 0.2) is 58.1 Å². The SMILES string of the molecule is CCS(=O)C1CCCC(NC(=NCCc2ccco2)NC(C)c2ccccc2)C1. The lowest BCUT2D eigenvalue weighted by Crippen LogP contribution is -2.47. The molecular weight excluding hydrogens is 382 g/mol. The van der Waals surface area contributed by atoms with Gasteiger partial charge in [-0.15, -0.1) is 0 Å².